The van der Waals surface area contributed by atoms with E-state index in [-0.39, 0.29) is 40.4 Å². The lowest BCUT2D eigenvalue weighted by molar-refractivity contribution is -0.137. The molecule has 0 radical (unpaired) electrons. The van der Waals surface area contributed by atoms with Gasteiger partial charge in [0, 0.05) is 51.3 Å². The molecule has 2 amide bonds. The Morgan fingerprint density at radius 1 is 1.10 bits per heavy atom. The number of anilines is 2. The first-order valence-corrected chi connectivity index (χ1v) is 13.8. The number of aromatic hydroxyl groups is 1. The van der Waals surface area contributed by atoms with E-state index < -0.39 is 5.82 Å². The number of amides is 2. The number of fused-ring (bicyclic) bond motifs is 1. The molecule has 10 nitrogen and oxygen atoms in total. The van der Waals surface area contributed by atoms with Gasteiger partial charge in [0.2, 0.25) is 11.8 Å². The zero-order valence-corrected chi connectivity index (χ0v) is 22.6. The number of thiol groups is 1. The highest BCUT2D eigenvalue weighted by atomic mass is 32.1. The van der Waals surface area contributed by atoms with Crippen LogP contribution in [0.5, 0.6) is 5.75 Å². The minimum Gasteiger partial charge on any atom is -0.507 e. The summed E-state index contributed by atoms with van der Waals surface area (Å²) < 4.78 is 13.8. The maximum atomic E-state index is 13.8. The van der Waals surface area contributed by atoms with Crippen molar-refractivity contribution in [3.8, 4) is 17.0 Å². The molecule has 40 heavy (non-hydrogen) atoms. The Bertz CT molecular complexity index is 1480. The molecule has 3 aliphatic heterocycles. The second-order valence-electron chi connectivity index (χ2n) is 10.4. The summed E-state index contributed by atoms with van der Waals surface area (Å²) in [6.07, 6.45) is 0.837. The monoisotopic (exact) mass is 563 g/mol. The molecular weight excluding hydrogens is 533 g/mol. The zero-order chi connectivity index (χ0) is 28.0. The molecule has 0 aliphatic carbocycles. The third-order valence-electron chi connectivity index (χ3n) is 8.00. The Hall–Kier alpha value is -3.74. The smallest absolute Gasteiger partial charge is 0.243 e. The van der Waals surface area contributed by atoms with Gasteiger partial charge in [-0.1, -0.05) is 18.2 Å². The van der Waals surface area contributed by atoms with Crippen molar-refractivity contribution in [2.45, 2.75) is 37.3 Å². The number of benzene rings is 2. The van der Waals surface area contributed by atoms with Crippen molar-refractivity contribution in [3.05, 3.63) is 65.0 Å². The lowest BCUT2D eigenvalue weighted by Crippen LogP contribution is -2.51. The highest BCUT2D eigenvalue weighted by molar-refractivity contribution is 7.80. The van der Waals surface area contributed by atoms with E-state index in [1.54, 1.807) is 6.07 Å². The van der Waals surface area contributed by atoms with Crippen LogP contribution >= 0.6 is 12.6 Å². The molecule has 4 heterocycles. The van der Waals surface area contributed by atoms with Crippen molar-refractivity contribution in [2.24, 2.45) is 0 Å². The molecule has 6 rings (SSSR count). The molecule has 2 atom stereocenters. The van der Waals surface area contributed by atoms with Crippen LogP contribution in [0.15, 0.2) is 42.5 Å². The highest BCUT2D eigenvalue weighted by Gasteiger charge is 2.39. The number of nitrogens with two attached hydrogens (primary N) is 1. The molecule has 2 fully saturated rings. The molecule has 0 saturated carbocycles. The third kappa shape index (κ3) is 4.98. The van der Waals surface area contributed by atoms with Gasteiger partial charge < -0.3 is 15.7 Å². The summed E-state index contributed by atoms with van der Waals surface area (Å²) in [6.45, 7) is 4.35. The number of rotatable bonds is 5. The first kappa shape index (κ1) is 26.5. The minimum atomic E-state index is -0.474. The van der Waals surface area contributed by atoms with Gasteiger partial charge in [-0.15, -0.1) is 10.2 Å². The van der Waals surface area contributed by atoms with Gasteiger partial charge in [0.25, 0.3) is 0 Å². The molecule has 3 aliphatic rings. The summed E-state index contributed by atoms with van der Waals surface area (Å²) in [6, 6.07) is 11.3. The van der Waals surface area contributed by atoms with E-state index in [9.17, 15) is 19.1 Å². The second-order valence-corrected chi connectivity index (χ2v) is 10.9. The number of piperazine rings is 1. The van der Waals surface area contributed by atoms with Crippen molar-refractivity contribution in [1.29, 1.82) is 0 Å². The topological polar surface area (TPSA) is 128 Å². The van der Waals surface area contributed by atoms with Gasteiger partial charge in [-0.3, -0.25) is 24.7 Å². The molecular formula is C28H30FN7O3S. The quantitative estimate of drug-likeness (QED) is 0.273. The van der Waals surface area contributed by atoms with Gasteiger partial charge in [-0.05, 0) is 47.4 Å². The first-order valence-electron chi connectivity index (χ1n) is 13.3. The third-order valence-corrected chi connectivity index (χ3v) is 8.57. The predicted molar refractivity (Wildman–Crippen MR) is 151 cm³/mol. The molecule has 12 heteroatoms. The Labute approximate surface area is 236 Å². The van der Waals surface area contributed by atoms with E-state index in [4.69, 9.17) is 18.4 Å². The number of aromatic nitrogens is 2. The number of piperidine rings is 1. The van der Waals surface area contributed by atoms with E-state index in [1.807, 2.05) is 6.07 Å². The van der Waals surface area contributed by atoms with Crippen molar-refractivity contribution in [1.82, 2.24) is 25.3 Å². The van der Waals surface area contributed by atoms with Gasteiger partial charge >= 0.3 is 0 Å². The van der Waals surface area contributed by atoms with Crippen LogP contribution in [0, 0.1) is 5.82 Å². The highest BCUT2D eigenvalue weighted by Crippen LogP contribution is 2.41. The fraction of sp³-hybridized carbons (Fsp3) is 0.357. The Morgan fingerprint density at radius 2 is 1.90 bits per heavy atom. The normalized spacial score (nSPS) is 21.9. The second kappa shape index (κ2) is 10.7. The predicted octanol–water partition coefficient (Wildman–Crippen LogP) is 2.44. The number of halogens is 1. The zero-order valence-electron chi connectivity index (χ0n) is 21.8. The van der Waals surface area contributed by atoms with Gasteiger partial charge in [0.15, 0.2) is 5.82 Å². The largest absolute Gasteiger partial charge is 0.507 e. The number of phenolic OH excluding ortho intramolecular Hbond substituents is 1. The number of carbonyl (C=O) groups is 2. The molecule has 0 spiro atoms. The van der Waals surface area contributed by atoms with Gasteiger partial charge in [0.1, 0.15) is 11.6 Å². The summed E-state index contributed by atoms with van der Waals surface area (Å²) in [5.41, 5.74) is 11.0. The van der Waals surface area contributed by atoms with Gasteiger partial charge in [0.05, 0.1) is 22.8 Å². The fourth-order valence-corrected chi connectivity index (χ4v) is 6.33. The summed E-state index contributed by atoms with van der Waals surface area (Å²) in [5, 5.41) is 20.6. The lowest BCUT2D eigenvalue weighted by Gasteiger charge is -2.36. The number of imide groups is 1. The van der Waals surface area contributed by atoms with Gasteiger partial charge in [-0.25, -0.2) is 4.39 Å². The van der Waals surface area contributed by atoms with E-state index in [2.05, 4.69) is 42.3 Å². The van der Waals surface area contributed by atoms with E-state index in [0.717, 1.165) is 25.2 Å². The summed E-state index contributed by atoms with van der Waals surface area (Å²) in [5.74, 6) is -0.741. The Kier molecular flexibility index (Phi) is 7.07. The molecule has 1 aromatic heterocycles. The van der Waals surface area contributed by atoms with Crippen LogP contribution in [-0.4, -0.2) is 69.1 Å². The first-order chi connectivity index (χ1) is 19.3. The maximum absolute atomic E-state index is 13.8. The summed E-state index contributed by atoms with van der Waals surface area (Å²) >= 11 is 4.84. The molecule has 0 bridgehead atoms. The molecule has 2 aromatic carbocycles. The van der Waals surface area contributed by atoms with Crippen molar-refractivity contribution >= 4 is 35.9 Å². The molecule has 2 unspecified atom stereocenters. The van der Waals surface area contributed by atoms with E-state index in [0.29, 0.717) is 43.9 Å². The molecule has 208 valence electrons. The van der Waals surface area contributed by atoms with Crippen LogP contribution in [0.3, 0.4) is 0 Å². The number of nitrogen functional groups attached to an aromatic ring is 1. The van der Waals surface area contributed by atoms with Gasteiger partial charge in [-0.2, -0.15) is 12.6 Å². The maximum Gasteiger partial charge on any atom is 0.243 e. The number of hydrogen-bond acceptors (Lipinski definition) is 10. The summed E-state index contributed by atoms with van der Waals surface area (Å²) in [4.78, 5) is 30.7. The van der Waals surface area contributed by atoms with Crippen LogP contribution < -0.4 is 16.0 Å². The van der Waals surface area contributed by atoms with Crippen LogP contribution in [0.1, 0.15) is 34.9 Å². The summed E-state index contributed by atoms with van der Waals surface area (Å²) in [7, 11) is 0. The standard InChI is InChI=1S/C28H30FN7O3S/c29-17-4-6-24(37)19(12-17)21-13-23(26(30)33-32-21)35-10-8-34(9-11-35)14-16-2-1-3-18-20(16)15-36(28(18)40)22-5-7-25(38)31-27(22)39/h1-4,6,12-13,22,28,37,40H,5,7-11,14-15H2,(H2,30,33)(H,31,38,39). The average molecular weight is 564 g/mol. The fourth-order valence-electron chi connectivity index (χ4n) is 5.84. The van der Waals surface area contributed by atoms with Crippen LogP contribution in [0.4, 0.5) is 15.9 Å². The Morgan fingerprint density at radius 3 is 2.67 bits per heavy atom. The number of carbonyl (C=O) groups excluding carboxylic acids is 2. The number of nitrogens with zero attached hydrogens (tertiary/aromatic N) is 5. The number of hydrogen-bond donors (Lipinski definition) is 4. The number of phenols is 1. The van der Waals surface area contributed by atoms with E-state index >= 15 is 0 Å². The van der Waals surface area contributed by atoms with Crippen LogP contribution in [0.2, 0.25) is 0 Å². The average Bonchev–Trinajstić information content (AvgIpc) is 3.28. The molecule has 2 saturated heterocycles. The van der Waals surface area contributed by atoms with Crippen molar-refractivity contribution in [2.75, 3.05) is 36.8 Å². The van der Waals surface area contributed by atoms with Crippen molar-refractivity contribution in [3.63, 3.8) is 0 Å². The Balaban J connectivity index is 1.14. The van der Waals surface area contributed by atoms with E-state index in [1.165, 1.54) is 29.3 Å². The van der Waals surface area contributed by atoms with Crippen molar-refractivity contribution < 1.29 is 19.1 Å². The number of nitrogens with one attached hydrogen (secondary N) is 1. The molecule has 4 N–H and O–H groups in total. The van der Waals surface area contributed by atoms with Crippen LogP contribution in [0.25, 0.3) is 11.3 Å². The SMILES string of the molecule is Nc1nnc(-c2cc(F)ccc2O)cc1N1CCN(Cc2cccc3c2CN(C2CCC(=O)NC2=O)C3S)CC1. The molecule has 3 aromatic rings. The van der Waals surface area contributed by atoms with Crippen LogP contribution in [-0.2, 0) is 22.7 Å². The lowest BCUT2D eigenvalue weighted by atomic mass is 10.0. The minimum absolute atomic E-state index is 0.0775.